The summed E-state index contributed by atoms with van der Waals surface area (Å²) in [7, 11) is 0. The lowest BCUT2D eigenvalue weighted by Gasteiger charge is -2.11. The molecule has 0 spiro atoms. The van der Waals surface area contributed by atoms with Crippen LogP contribution < -0.4 is 11.1 Å². The molecule has 1 saturated carbocycles. The quantitative estimate of drug-likeness (QED) is 0.703. The van der Waals surface area contributed by atoms with Crippen molar-refractivity contribution in [2.45, 2.75) is 31.7 Å². The summed E-state index contributed by atoms with van der Waals surface area (Å²) in [6.45, 7) is 0. The van der Waals surface area contributed by atoms with Gasteiger partial charge in [0, 0.05) is 16.6 Å². The molecule has 0 bridgehead atoms. The Kier molecular flexibility index (Phi) is 4.42. The van der Waals surface area contributed by atoms with E-state index in [1.165, 1.54) is 0 Å². The Morgan fingerprint density at radius 2 is 1.96 bits per heavy atom. The summed E-state index contributed by atoms with van der Waals surface area (Å²) in [5.41, 5.74) is 7.18. The average molecular weight is 372 g/mol. The third-order valence-corrected chi connectivity index (χ3v) is 4.82. The van der Waals surface area contributed by atoms with Crippen LogP contribution in [0.4, 0.5) is 5.88 Å². The molecule has 134 valence electrons. The van der Waals surface area contributed by atoms with Gasteiger partial charge in [-0.2, -0.15) is 0 Å². The van der Waals surface area contributed by atoms with Crippen molar-refractivity contribution in [2.75, 3.05) is 5.73 Å². The normalized spacial score (nSPS) is 14.7. The zero-order valence-electron chi connectivity index (χ0n) is 14.0. The summed E-state index contributed by atoms with van der Waals surface area (Å²) in [4.78, 5) is 12.6. The van der Waals surface area contributed by atoms with Gasteiger partial charge >= 0.3 is 0 Å². The van der Waals surface area contributed by atoms with Crippen LogP contribution in [0, 0.1) is 0 Å². The van der Waals surface area contributed by atoms with Gasteiger partial charge in [-0.3, -0.25) is 4.79 Å². The number of aromatic nitrogens is 1. The third-order valence-electron chi connectivity index (χ3n) is 4.58. The average Bonchev–Trinajstić information content (AvgIpc) is 3.34. The molecule has 2 heterocycles. The maximum atomic E-state index is 12.6. The molecule has 26 heavy (non-hydrogen) atoms. The SMILES string of the molecule is Nc1onc(-c2ccc(-c3cccc(Cl)c3)o2)c1C(=O)NC1CCCC1. The van der Waals surface area contributed by atoms with Gasteiger partial charge in [0.15, 0.2) is 11.5 Å². The molecule has 1 aliphatic carbocycles. The Labute approximate surface area is 155 Å². The fourth-order valence-electron chi connectivity index (χ4n) is 3.28. The molecule has 0 atom stereocenters. The van der Waals surface area contributed by atoms with Crippen molar-refractivity contribution in [3.05, 3.63) is 47.0 Å². The first-order valence-electron chi connectivity index (χ1n) is 8.54. The van der Waals surface area contributed by atoms with Gasteiger partial charge in [0.25, 0.3) is 5.91 Å². The number of halogens is 1. The maximum Gasteiger partial charge on any atom is 0.259 e. The summed E-state index contributed by atoms with van der Waals surface area (Å²) in [6.07, 6.45) is 4.20. The number of nitrogens with zero attached hydrogens (tertiary/aromatic N) is 1. The van der Waals surface area contributed by atoms with E-state index < -0.39 is 0 Å². The lowest BCUT2D eigenvalue weighted by atomic mass is 10.1. The van der Waals surface area contributed by atoms with E-state index in [0.29, 0.717) is 22.2 Å². The fourth-order valence-corrected chi connectivity index (χ4v) is 3.47. The van der Waals surface area contributed by atoms with Gasteiger partial charge in [-0.05, 0) is 37.1 Å². The molecule has 2 aromatic heterocycles. The number of furan rings is 1. The largest absolute Gasteiger partial charge is 0.454 e. The number of carbonyl (C=O) groups excluding carboxylic acids is 1. The van der Waals surface area contributed by atoms with E-state index in [4.69, 9.17) is 26.3 Å². The van der Waals surface area contributed by atoms with Crippen LogP contribution in [0.1, 0.15) is 36.0 Å². The summed E-state index contributed by atoms with van der Waals surface area (Å²) >= 11 is 6.03. The first kappa shape index (κ1) is 16.7. The molecule has 7 heteroatoms. The molecular formula is C19H18ClN3O3. The first-order valence-corrected chi connectivity index (χ1v) is 8.92. The highest BCUT2D eigenvalue weighted by Crippen LogP contribution is 2.33. The Hall–Kier alpha value is -2.73. The van der Waals surface area contributed by atoms with E-state index in [9.17, 15) is 4.79 Å². The number of hydrogen-bond donors (Lipinski definition) is 2. The Balaban J connectivity index is 1.63. The van der Waals surface area contributed by atoms with Crippen LogP contribution in [0.3, 0.4) is 0 Å². The van der Waals surface area contributed by atoms with Crippen molar-refractivity contribution < 1.29 is 13.7 Å². The minimum atomic E-state index is -0.286. The lowest BCUT2D eigenvalue weighted by Crippen LogP contribution is -2.33. The predicted molar refractivity (Wildman–Crippen MR) is 98.8 cm³/mol. The van der Waals surface area contributed by atoms with Gasteiger partial charge in [0.1, 0.15) is 11.3 Å². The number of carbonyl (C=O) groups is 1. The highest BCUT2D eigenvalue weighted by Gasteiger charge is 2.27. The maximum absolute atomic E-state index is 12.6. The van der Waals surface area contributed by atoms with E-state index in [1.54, 1.807) is 24.3 Å². The van der Waals surface area contributed by atoms with Crippen molar-refractivity contribution in [3.8, 4) is 22.8 Å². The number of anilines is 1. The Morgan fingerprint density at radius 1 is 1.19 bits per heavy atom. The summed E-state index contributed by atoms with van der Waals surface area (Å²) in [6, 6.07) is 11.0. The molecule has 6 nitrogen and oxygen atoms in total. The molecule has 1 aliphatic rings. The van der Waals surface area contributed by atoms with E-state index in [0.717, 1.165) is 31.2 Å². The van der Waals surface area contributed by atoms with E-state index in [2.05, 4.69) is 10.5 Å². The molecule has 0 saturated heterocycles. The van der Waals surface area contributed by atoms with Crippen molar-refractivity contribution in [3.63, 3.8) is 0 Å². The third kappa shape index (κ3) is 3.20. The summed E-state index contributed by atoms with van der Waals surface area (Å²) in [5, 5.41) is 7.54. The molecule has 0 aliphatic heterocycles. The van der Waals surface area contributed by atoms with Gasteiger partial charge in [0.05, 0.1) is 0 Å². The predicted octanol–water partition coefficient (Wildman–Crippen LogP) is 4.51. The number of hydrogen-bond acceptors (Lipinski definition) is 5. The van der Waals surface area contributed by atoms with Gasteiger partial charge in [-0.15, -0.1) is 0 Å². The van der Waals surface area contributed by atoms with Gasteiger partial charge in [0.2, 0.25) is 5.88 Å². The number of nitrogens with two attached hydrogens (primary N) is 1. The molecule has 3 aromatic rings. The van der Waals surface area contributed by atoms with Crippen molar-refractivity contribution in [1.29, 1.82) is 0 Å². The number of rotatable bonds is 4. The monoisotopic (exact) mass is 371 g/mol. The molecule has 0 unspecified atom stereocenters. The number of nitrogen functional groups attached to an aromatic ring is 1. The standard InChI is InChI=1S/C19H18ClN3O3/c20-12-5-3-4-11(10-12)14-8-9-15(25-14)17-16(18(21)26-23-17)19(24)22-13-6-1-2-7-13/h3-5,8-10,13H,1-2,6-7,21H2,(H,22,24). The molecule has 1 amide bonds. The molecular weight excluding hydrogens is 354 g/mol. The van der Waals surface area contributed by atoms with Gasteiger partial charge < -0.3 is 20.0 Å². The van der Waals surface area contributed by atoms with Crippen molar-refractivity contribution in [2.24, 2.45) is 0 Å². The van der Waals surface area contributed by atoms with E-state index >= 15 is 0 Å². The van der Waals surface area contributed by atoms with E-state index in [1.807, 2.05) is 12.1 Å². The summed E-state index contributed by atoms with van der Waals surface area (Å²) in [5.74, 6) is 0.728. The fraction of sp³-hybridized carbons (Fsp3) is 0.263. The second kappa shape index (κ2) is 6.88. The molecule has 1 fully saturated rings. The molecule has 0 radical (unpaired) electrons. The Bertz CT molecular complexity index is 941. The van der Waals surface area contributed by atoms with Crippen LogP contribution in [0.5, 0.6) is 0 Å². The van der Waals surface area contributed by atoms with Crippen molar-refractivity contribution >= 4 is 23.4 Å². The Morgan fingerprint density at radius 3 is 2.73 bits per heavy atom. The molecule has 4 rings (SSSR count). The second-order valence-electron chi connectivity index (χ2n) is 6.40. The minimum absolute atomic E-state index is 0.0174. The minimum Gasteiger partial charge on any atom is -0.454 e. The number of amides is 1. The van der Waals surface area contributed by atoms with Gasteiger partial charge in [-0.25, -0.2) is 0 Å². The van der Waals surface area contributed by atoms with Crippen LogP contribution in [-0.4, -0.2) is 17.1 Å². The highest BCUT2D eigenvalue weighted by atomic mass is 35.5. The van der Waals surface area contributed by atoms with Crippen molar-refractivity contribution in [1.82, 2.24) is 10.5 Å². The van der Waals surface area contributed by atoms with Crippen LogP contribution >= 0.6 is 11.6 Å². The molecule has 1 aromatic carbocycles. The topological polar surface area (TPSA) is 94.3 Å². The summed E-state index contributed by atoms with van der Waals surface area (Å²) < 4.78 is 10.9. The smallest absolute Gasteiger partial charge is 0.259 e. The van der Waals surface area contributed by atoms with Gasteiger partial charge in [-0.1, -0.05) is 41.7 Å². The second-order valence-corrected chi connectivity index (χ2v) is 6.84. The zero-order chi connectivity index (χ0) is 18.1. The van der Waals surface area contributed by atoms with Crippen LogP contribution in [0.15, 0.2) is 45.3 Å². The molecule has 3 N–H and O–H groups in total. The van der Waals surface area contributed by atoms with Crippen LogP contribution in [0.2, 0.25) is 5.02 Å². The first-order chi connectivity index (χ1) is 12.6. The van der Waals surface area contributed by atoms with E-state index in [-0.39, 0.29) is 23.4 Å². The zero-order valence-corrected chi connectivity index (χ0v) is 14.8. The van der Waals surface area contributed by atoms with Crippen LogP contribution in [-0.2, 0) is 0 Å². The number of benzene rings is 1. The highest BCUT2D eigenvalue weighted by molar-refractivity contribution is 6.30. The number of nitrogens with one attached hydrogen (secondary N) is 1. The van der Waals surface area contributed by atoms with Crippen LogP contribution in [0.25, 0.3) is 22.8 Å². The lowest BCUT2D eigenvalue weighted by molar-refractivity contribution is 0.0939.